The zero-order valence-electron chi connectivity index (χ0n) is 15.0. The van der Waals surface area contributed by atoms with Gasteiger partial charge in [0.25, 0.3) is 5.91 Å². The summed E-state index contributed by atoms with van der Waals surface area (Å²) in [5, 5.41) is 14.2. The number of piperidine rings is 1. The Hall–Kier alpha value is -1.90. The zero-order chi connectivity index (χ0) is 18.8. The Morgan fingerprint density at radius 3 is 3.07 bits per heavy atom. The highest BCUT2D eigenvalue weighted by Gasteiger charge is 2.30. The van der Waals surface area contributed by atoms with Crippen LogP contribution in [0.15, 0.2) is 18.5 Å². The number of aryl methyl sites for hydroxylation is 2. The van der Waals surface area contributed by atoms with Crippen LogP contribution >= 0.6 is 11.3 Å². The van der Waals surface area contributed by atoms with Gasteiger partial charge in [-0.05, 0) is 38.2 Å². The van der Waals surface area contributed by atoms with Crippen LogP contribution in [0.1, 0.15) is 45.2 Å². The third-order valence-corrected chi connectivity index (χ3v) is 6.39. The van der Waals surface area contributed by atoms with Crippen molar-refractivity contribution in [1.82, 2.24) is 20.2 Å². The lowest BCUT2D eigenvalue weighted by molar-refractivity contribution is 0.0408. The minimum absolute atomic E-state index is 0.0538. The highest BCUT2D eigenvalue weighted by Crippen LogP contribution is 2.28. The summed E-state index contributed by atoms with van der Waals surface area (Å²) in [4.78, 5) is 24.4. The molecule has 144 valence electrons. The van der Waals surface area contributed by atoms with Crippen LogP contribution < -0.4 is 5.32 Å². The number of halogens is 1. The van der Waals surface area contributed by atoms with Crippen molar-refractivity contribution in [2.24, 2.45) is 0 Å². The smallest absolute Gasteiger partial charge is 0.254 e. The lowest BCUT2D eigenvalue weighted by Crippen LogP contribution is -2.54. The Bertz CT molecular complexity index is 804. The van der Waals surface area contributed by atoms with E-state index in [2.05, 4.69) is 15.2 Å². The minimum atomic E-state index is -0.662. The topological polar surface area (TPSA) is 78.4 Å². The van der Waals surface area contributed by atoms with E-state index in [9.17, 15) is 14.3 Å². The van der Waals surface area contributed by atoms with Gasteiger partial charge in [-0.3, -0.25) is 14.7 Å². The number of aliphatic hydroxyl groups is 1. The number of pyridine rings is 1. The normalized spacial score (nSPS) is 23.0. The lowest BCUT2D eigenvalue weighted by Gasteiger charge is -2.36. The standard InChI is InChI=1S/C19H23FN4O2S/c20-13-9-21-7-5-12(13)19(26)23-15-10-24(8-6-16(15)25)11-18-22-14-3-1-2-4-17(14)27-18/h5,7,9,15-16,25H,1-4,6,8,10-11H2,(H,23,26)/t15-,16+/m1/s1. The van der Waals surface area contributed by atoms with Gasteiger partial charge in [0.2, 0.25) is 0 Å². The van der Waals surface area contributed by atoms with Gasteiger partial charge >= 0.3 is 0 Å². The number of thiazole rings is 1. The fourth-order valence-electron chi connectivity index (χ4n) is 3.76. The molecule has 2 aromatic rings. The van der Waals surface area contributed by atoms with Crippen molar-refractivity contribution in [2.75, 3.05) is 13.1 Å². The zero-order valence-corrected chi connectivity index (χ0v) is 15.8. The second-order valence-corrected chi connectivity index (χ2v) is 8.38. The SMILES string of the molecule is O=C(N[C@@H]1CN(Cc2nc3c(s2)CCCC3)CC[C@@H]1O)c1ccncc1F. The van der Waals surface area contributed by atoms with E-state index in [1.54, 1.807) is 11.3 Å². The molecule has 0 saturated carbocycles. The van der Waals surface area contributed by atoms with Gasteiger partial charge in [-0.15, -0.1) is 11.3 Å². The first-order chi connectivity index (χ1) is 13.1. The number of aliphatic hydroxyl groups excluding tert-OH is 1. The first kappa shape index (κ1) is 18.5. The molecule has 0 aromatic carbocycles. The summed E-state index contributed by atoms with van der Waals surface area (Å²) >= 11 is 1.78. The summed E-state index contributed by atoms with van der Waals surface area (Å²) in [6.07, 6.45) is 6.97. The van der Waals surface area contributed by atoms with Crippen molar-refractivity contribution >= 4 is 17.2 Å². The lowest BCUT2D eigenvalue weighted by atomic mass is 10.0. The Morgan fingerprint density at radius 1 is 1.41 bits per heavy atom. The number of likely N-dealkylation sites (tertiary alicyclic amines) is 1. The van der Waals surface area contributed by atoms with Gasteiger partial charge < -0.3 is 10.4 Å². The summed E-state index contributed by atoms with van der Waals surface area (Å²) in [6.45, 7) is 1.99. The number of carbonyl (C=O) groups excluding carboxylic acids is 1. The second kappa shape index (κ2) is 8.00. The summed E-state index contributed by atoms with van der Waals surface area (Å²) in [5.41, 5.74) is 1.19. The maximum Gasteiger partial charge on any atom is 0.254 e. The molecule has 2 atom stereocenters. The Morgan fingerprint density at radius 2 is 2.26 bits per heavy atom. The molecule has 6 nitrogen and oxygen atoms in total. The first-order valence-electron chi connectivity index (χ1n) is 9.38. The van der Waals surface area contributed by atoms with Crippen molar-refractivity contribution in [3.05, 3.63) is 45.4 Å². The number of hydrogen-bond donors (Lipinski definition) is 2. The quantitative estimate of drug-likeness (QED) is 0.834. The van der Waals surface area contributed by atoms with Crippen molar-refractivity contribution in [1.29, 1.82) is 0 Å². The first-order valence-corrected chi connectivity index (χ1v) is 10.2. The molecule has 8 heteroatoms. The molecule has 0 spiro atoms. The van der Waals surface area contributed by atoms with E-state index in [0.717, 1.165) is 37.1 Å². The number of rotatable bonds is 4. The molecular formula is C19H23FN4O2S. The van der Waals surface area contributed by atoms with Crippen LogP contribution in [-0.2, 0) is 19.4 Å². The molecule has 4 rings (SSSR count). The third-order valence-electron chi connectivity index (χ3n) is 5.24. The van der Waals surface area contributed by atoms with Crippen molar-refractivity contribution in [3.8, 4) is 0 Å². The summed E-state index contributed by atoms with van der Waals surface area (Å²) in [7, 11) is 0. The number of aromatic nitrogens is 2. The molecule has 1 aliphatic heterocycles. The number of nitrogens with zero attached hydrogens (tertiary/aromatic N) is 3. The summed E-state index contributed by atoms with van der Waals surface area (Å²) < 4.78 is 13.8. The van der Waals surface area contributed by atoms with E-state index in [1.807, 2.05) is 0 Å². The van der Waals surface area contributed by atoms with Crippen molar-refractivity contribution in [3.63, 3.8) is 0 Å². The number of amides is 1. The van der Waals surface area contributed by atoms with Crippen LogP contribution in [0.5, 0.6) is 0 Å². The van der Waals surface area contributed by atoms with Gasteiger partial charge in [0.15, 0.2) is 5.82 Å². The number of fused-ring (bicyclic) bond motifs is 1. The van der Waals surface area contributed by atoms with E-state index in [1.165, 1.54) is 35.7 Å². The van der Waals surface area contributed by atoms with E-state index >= 15 is 0 Å². The largest absolute Gasteiger partial charge is 0.391 e. The van der Waals surface area contributed by atoms with Crippen LogP contribution in [-0.4, -0.2) is 51.1 Å². The molecule has 0 unspecified atom stereocenters. The van der Waals surface area contributed by atoms with E-state index in [-0.39, 0.29) is 5.56 Å². The summed E-state index contributed by atoms with van der Waals surface area (Å²) in [5.74, 6) is -1.18. The molecular weight excluding hydrogens is 367 g/mol. The maximum absolute atomic E-state index is 13.8. The predicted octanol–water partition coefficient (Wildman–Crippen LogP) is 1.92. The Balaban J connectivity index is 1.40. The molecule has 1 saturated heterocycles. The van der Waals surface area contributed by atoms with E-state index < -0.39 is 23.9 Å². The average Bonchev–Trinajstić information content (AvgIpc) is 3.07. The average molecular weight is 390 g/mol. The van der Waals surface area contributed by atoms with Crippen molar-refractivity contribution in [2.45, 2.75) is 50.8 Å². The van der Waals surface area contributed by atoms with Crippen LogP contribution in [0, 0.1) is 5.82 Å². The molecule has 0 radical (unpaired) electrons. The van der Waals surface area contributed by atoms with Crippen molar-refractivity contribution < 1.29 is 14.3 Å². The predicted molar refractivity (Wildman–Crippen MR) is 100 cm³/mol. The molecule has 0 bridgehead atoms. The third kappa shape index (κ3) is 4.17. The molecule has 1 fully saturated rings. The monoisotopic (exact) mass is 390 g/mol. The highest BCUT2D eigenvalue weighted by atomic mass is 32.1. The number of nitrogens with one attached hydrogen (secondary N) is 1. The summed E-state index contributed by atoms with van der Waals surface area (Å²) in [6, 6.07) is 0.908. The molecule has 1 amide bonds. The van der Waals surface area contributed by atoms with Gasteiger partial charge in [-0.2, -0.15) is 0 Å². The van der Waals surface area contributed by atoms with Gasteiger partial charge in [0.05, 0.1) is 36.1 Å². The second-order valence-electron chi connectivity index (χ2n) is 7.21. The van der Waals surface area contributed by atoms with Gasteiger partial charge in [0, 0.05) is 24.2 Å². The Kier molecular flexibility index (Phi) is 5.47. The van der Waals surface area contributed by atoms with E-state index in [4.69, 9.17) is 4.98 Å². The minimum Gasteiger partial charge on any atom is -0.391 e. The number of carbonyl (C=O) groups is 1. The van der Waals surface area contributed by atoms with Gasteiger partial charge in [-0.1, -0.05) is 0 Å². The molecule has 2 aromatic heterocycles. The van der Waals surface area contributed by atoms with E-state index in [0.29, 0.717) is 13.0 Å². The molecule has 2 aliphatic rings. The highest BCUT2D eigenvalue weighted by molar-refractivity contribution is 7.11. The fraction of sp³-hybridized carbons (Fsp3) is 0.526. The fourth-order valence-corrected chi connectivity index (χ4v) is 4.96. The number of hydrogen-bond acceptors (Lipinski definition) is 6. The maximum atomic E-state index is 13.8. The van der Waals surface area contributed by atoms with Gasteiger partial charge in [0.1, 0.15) is 5.01 Å². The van der Waals surface area contributed by atoms with Crippen LogP contribution in [0.25, 0.3) is 0 Å². The van der Waals surface area contributed by atoms with Crippen LogP contribution in [0.2, 0.25) is 0 Å². The molecule has 27 heavy (non-hydrogen) atoms. The van der Waals surface area contributed by atoms with Gasteiger partial charge in [-0.25, -0.2) is 9.37 Å². The van der Waals surface area contributed by atoms with Crippen LogP contribution in [0.3, 0.4) is 0 Å². The Labute approximate surface area is 161 Å². The molecule has 2 N–H and O–H groups in total. The molecule has 1 aliphatic carbocycles. The van der Waals surface area contributed by atoms with Crippen LogP contribution in [0.4, 0.5) is 4.39 Å². The molecule has 3 heterocycles.